The minimum atomic E-state index is -0.866. The molecule has 1 rings (SSSR count). The molecule has 0 amide bonds. The third kappa shape index (κ3) is 21.0. The Labute approximate surface area is 374 Å². The molecule has 0 aliphatic carbocycles. The Hall–Kier alpha value is -2.46. The van der Waals surface area contributed by atoms with Gasteiger partial charge in [-0.2, -0.15) is 0 Å². The Kier molecular flexibility index (Phi) is 29.2. The van der Waals surface area contributed by atoms with Crippen molar-refractivity contribution in [1.29, 1.82) is 0 Å². The molecule has 1 aliphatic rings. The van der Waals surface area contributed by atoms with E-state index >= 15 is 0 Å². The standard InChI is InChI=1S/C49H87NO12/c1-32-18-16-19-39(59-11)26-24-33(2)47(55)38(7)44(62-49(57)41(31-58-10)50(8)9)21-14-13-15-23-45(53)61-43(22-17-20-40(30-32)60-12)37(6)48(56)34(3)25-27-42(52)36(5)46(54)35(4)28-29-51/h13-17,19-20,23,32-44,46-48,51-52,54-56H,18,21-22,24-31H2,1-12H3/b14-13+,19-16+,20-17+,23-15+/t32-,33-,34+,35-,36+,37-,38-,39-,40+,41?,42-,43+,44-,46-,47-,48+/m1/s1. The molecule has 360 valence electrons. The molecule has 0 saturated heterocycles. The molecule has 62 heavy (non-hydrogen) atoms. The van der Waals surface area contributed by atoms with Gasteiger partial charge < -0.3 is 49.2 Å². The smallest absolute Gasteiger partial charge is 0.331 e. The fraction of sp³-hybridized carbons (Fsp3) is 0.796. The molecule has 0 spiro atoms. The Morgan fingerprint density at radius 2 is 1.47 bits per heavy atom. The monoisotopic (exact) mass is 882 g/mol. The van der Waals surface area contributed by atoms with Gasteiger partial charge in [-0.1, -0.05) is 91.0 Å². The number of likely N-dealkylation sites (N-methyl/N-ethyl adjacent to an activating group) is 1. The Morgan fingerprint density at radius 1 is 0.839 bits per heavy atom. The Morgan fingerprint density at radius 3 is 2.08 bits per heavy atom. The van der Waals surface area contributed by atoms with E-state index in [1.807, 2.05) is 46.8 Å². The molecule has 0 aromatic heterocycles. The molecule has 0 bridgehead atoms. The van der Waals surface area contributed by atoms with Crippen LogP contribution in [0.5, 0.6) is 0 Å². The van der Waals surface area contributed by atoms with Crippen LogP contribution < -0.4 is 0 Å². The van der Waals surface area contributed by atoms with Crippen molar-refractivity contribution in [2.45, 2.75) is 161 Å². The van der Waals surface area contributed by atoms with E-state index in [9.17, 15) is 35.1 Å². The number of allylic oxidation sites excluding steroid dienone is 3. The lowest BCUT2D eigenvalue weighted by atomic mass is 9.82. The summed E-state index contributed by atoms with van der Waals surface area (Å²) >= 11 is 0. The molecular formula is C49H87NO12. The van der Waals surface area contributed by atoms with Crippen molar-refractivity contribution in [3.05, 3.63) is 48.6 Å². The minimum Gasteiger partial charge on any atom is -0.460 e. The zero-order chi connectivity index (χ0) is 46.9. The number of nitrogens with zero attached hydrogens (tertiary/aromatic N) is 1. The summed E-state index contributed by atoms with van der Waals surface area (Å²) < 4.78 is 29.0. The van der Waals surface area contributed by atoms with Crippen LogP contribution in [0.3, 0.4) is 0 Å². The highest BCUT2D eigenvalue weighted by Crippen LogP contribution is 2.29. The maximum absolute atomic E-state index is 13.4. The number of aliphatic hydroxyl groups excluding tert-OH is 5. The summed E-state index contributed by atoms with van der Waals surface area (Å²) in [6.45, 7) is 13.5. The number of hydrogen-bond acceptors (Lipinski definition) is 13. The predicted octanol–water partition coefficient (Wildman–Crippen LogP) is 6.05. The van der Waals surface area contributed by atoms with Crippen LogP contribution in [0.1, 0.15) is 106 Å². The summed E-state index contributed by atoms with van der Waals surface area (Å²) in [5.74, 6) is -2.59. The van der Waals surface area contributed by atoms with E-state index in [0.29, 0.717) is 38.5 Å². The summed E-state index contributed by atoms with van der Waals surface area (Å²) in [6, 6.07) is -0.631. The lowest BCUT2D eigenvalue weighted by Crippen LogP contribution is -2.44. The summed E-state index contributed by atoms with van der Waals surface area (Å²) in [4.78, 5) is 28.4. The van der Waals surface area contributed by atoms with Crippen molar-refractivity contribution in [3.8, 4) is 0 Å². The number of hydrogen-bond donors (Lipinski definition) is 5. The average Bonchev–Trinajstić information content (AvgIpc) is 3.24. The van der Waals surface area contributed by atoms with Gasteiger partial charge in [0.25, 0.3) is 0 Å². The van der Waals surface area contributed by atoms with Crippen LogP contribution in [-0.2, 0) is 33.3 Å². The fourth-order valence-corrected chi connectivity index (χ4v) is 8.10. The van der Waals surface area contributed by atoms with Gasteiger partial charge in [-0.05, 0) is 82.7 Å². The molecule has 0 aromatic carbocycles. The largest absolute Gasteiger partial charge is 0.460 e. The second-order valence-electron chi connectivity index (χ2n) is 18.3. The summed E-state index contributed by atoms with van der Waals surface area (Å²) in [7, 11) is 8.44. The minimum absolute atomic E-state index is 0.0362. The SMILES string of the molecule is COCC(C(=O)O[C@@H]1C/C=C/C=C/C(=O)O[C@H]([C@@H](C)[C@@H](O)[C@@H](C)CC[C@@H](O)[C@H](C)[C@H](O)[C@H](C)CCO)C/C=C/[C@H](OC)C[C@H](C)C/C=C/[C@@H](OC)CC[C@@H](C)[C@@H](O)[C@@H]1C)N(C)C. The first-order valence-electron chi connectivity index (χ1n) is 22.9. The number of carbonyl (C=O) groups excluding carboxylic acids is 2. The zero-order valence-corrected chi connectivity index (χ0v) is 40.2. The molecule has 1 heterocycles. The predicted molar refractivity (Wildman–Crippen MR) is 244 cm³/mol. The highest BCUT2D eigenvalue weighted by molar-refractivity contribution is 5.82. The summed E-state index contributed by atoms with van der Waals surface area (Å²) in [5.41, 5.74) is 0. The molecule has 16 atom stereocenters. The average molecular weight is 882 g/mol. The van der Waals surface area contributed by atoms with Crippen LogP contribution in [0, 0.1) is 41.4 Å². The first-order valence-corrected chi connectivity index (χ1v) is 22.9. The lowest BCUT2D eigenvalue weighted by Gasteiger charge is -2.32. The van der Waals surface area contributed by atoms with Crippen LogP contribution in [0.4, 0.5) is 0 Å². The van der Waals surface area contributed by atoms with E-state index in [2.05, 4.69) is 19.1 Å². The van der Waals surface area contributed by atoms with E-state index in [0.717, 1.165) is 12.8 Å². The van der Waals surface area contributed by atoms with Gasteiger partial charge in [0.05, 0.1) is 43.2 Å². The van der Waals surface area contributed by atoms with E-state index < -0.39 is 72.4 Å². The van der Waals surface area contributed by atoms with Gasteiger partial charge in [-0.15, -0.1) is 0 Å². The topological polar surface area (TPSA) is 185 Å². The summed E-state index contributed by atoms with van der Waals surface area (Å²) in [5, 5.41) is 54.0. The summed E-state index contributed by atoms with van der Waals surface area (Å²) in [6.07, 6.45) is 14.5. The van der Waals surface area contributed by atoms with E-state index in [1.54, 1.807) is 58.4 Å². The number of ether oxygens (including phenoxy) is 5. The van der Waals surface area contributed by atoms with E-state index in [4.69, 9.17) is 23.7 Å². The van der Waals surface area contributed by atoms with Crippen molar-refractivity contribution < 1.29 is 58.8 Å². The van der Waals surface area contributed by atoms with Gasteiger partial charge in [-0.25, -0.2) is 4.79 Å². The van der Waals surface area contributed by atoms with Crippen LogP contribution in [-0.4, -0.2) is 146 Å². The second kappa shape index (κ2) is 31.4. The molecule has 5 N–H and O–H groups in total. The van der Waals surface area contributed by atoms with Gasteiger partial charge in [-0.3, -0.25) is 9.69 Å². The highest BCUT2D eigenvalue weighted by atomic mass is 16.6. The normalized spacial score (nSPS) is 31.5. The van der Waals surface area contributed by atoms with Crippen LogP contribution >= 0.6 is 0 Å². The van der Waals surface area contributed by atoms with Gasteiger partial charge in [0, 0.05) is 64.6 Å². The van der Waals surface area contributed by atoms with Gasteiger partial charge in [0.1, 0.15) is 18.2 Å². The number of carbonyl (C=O) groups is 2. The molecule has 1 aliphatic heterocycles. The highest BCUT2D eigenvalue weighted by Gasteiger charge is 2.34. The number of aliphatic hydroxyl groups is 5. The zero-order valence-electron chi connectivity index (χ0n) is 40.2. The quantitative estimate of drug-likeness (QED) is 0.0793. The Bertz CT molecular complexity index is 1340. The fourth-order valence-electron chi connectivity index (χ4n) is 8.10. The third-order valence-electron chi connectivity index (χ3n) is 13.0. The second-order valence-corrected chi connectivity index (χ2v) is 18.3. The maximum Gasteiger partial charge on any atom is 0.331 e. The molecule has 0 aromatic rings. The molecule has 0 radical (unpaired) electrons. The molecule has 0 saturated carbocycles. The van der Waals surface area contributed by atoms with Crippen molar-refractivity contribution in [2.75, 3.05) is 48.6 Å². The van der Waals surface area contributed by atoms with Crippen LogP contribution in [0.15, 0.2) is 48.6 Å². The molecule has 1 unspecified atom stereocenters. The third-order valence-corrected chi connectivity index (χ3v) is 13.0. The molecule has 0 fully saturated rings. The van der Waals surface area contributed by atoms with E-state index in [1.165, 1.54) is 13.2 Å². The van der Waals surface area contributed by atoms with Gasteiger partial charge in [0.15, 0.2) is 0 Å². The van der Waals surface area contributed by atoms with Gasteiger partial charge in [0.2, 0.25) is 0 Å². The van der Waals surface area contributed by atoms with Crippen molar-refractivity contribution >= 4 is 11.9 Å². The Balaban J connectivity index is 3.42. The van der Waals surface area contributed by atoms with Crippen LogP contribution in [0.25, 0.3) is 0 Å². The number of methoxy groups -OCH3 is 3. The van der Waals surface area contributed by atoms with E-state index in [-0.39, 0.29) is 55.5 Å². The molecular weight excluding hydrogens is 795 g/mol. The number of rotatable bonds is 18. The van der Waals surface area contributed by atoms with Crippen molar-refractivity contribution in [2.24, 2.45) is 41.4 Å². The maximum atomic E-state index is 13.4. The number of cyclic esters (lactones) is 1. The first kappa shape index (κ1) is 57.6. The molecule has 13 heteroatoms. The van der Waals surface area contributed by atoms with Crippen LogP contribution in [0.2, 0.25) is 0 Å². The van der Waals surface area contributed by atoms with Crippen molar-refractivity contribution in [1.82, 2.24) is 4.90 Å². The number of esters is 2. The molecule has 13 nitrogen and oxygen atoms in total. The van der Waals surface area contributed by atoms with Gasteiger partial charge >= 0.3 is 11.9 Å². The van der Waals surface area contributed by atoms with Crippen molar-refractivity contribution in [3.63, 3.8) is 0 Å². The lowest BCUT2D eigenvalue weighted by molar-refractivity contribution is -0.161. The first-order chi connectivity index (χ1) is 29.3.